The van der Waals surface area contributed by atoms with E-state index in [1.165, 1.54) is 24.3 Å². The number of benzene rings is 2. The number of fused-ring (bicyclic) bond motifs is 1. The molecule has 0 spiro atoms. The average molecular weight is 288 g/mol. The third-order valence-corrected chi connectivity index (χ3v) is 3.24. The predicted octanol–water partition coefficient (Wildman–Crippen LogP) is 3.88. The first-order valence-corrected chi connectivity index (χ1v) is 6.21. The molecular formula is C15H10F2N2O2. The quantitative estimate of drug-likeness (QED) is 0.542. The summed E-state index contributed by atoms with van der Waals surface area (Å²) in [5.74, 6) is -1.26. The minimum absolute atomic E-state index is 0.0112. The molecule has 0 atom stereocenters. The molecule has 0 radical (unpaired) electrons. The van der Waals surface area contributed by atoms with Crippen LogP contribution in [0, 0.1) is 21.7 Å². The van der Waals surface area contributed by atoms with Crippen LogP contribution in [0.1, 0.15) is 5.56 Å². The van der Waals surface area contributed by atoms with Gasteiger partial charge in [0.2, 0.25) is 0 Å². The Balaban J connectivity index is 1.99. The van der Waals surface area contributed by atoms with Crippen molar-refractivity contribution in [1.82, 2.24) is 4.57 Å². The molecule has 0 unspecified atom stereocenters. The Labute approximate surface area is 118 Å². The van der Waals surface area contributed by atoms with E-state index < -0.39 is 16.6 Å². The fourth-order valence-electron chi connectivity index (χ4n) is 2.34. The molecule has 0 saturated carbocycles. The topological polar surface area (TPSA) is 48.1 Å². The number of rotatable bonds is 3. The summed E-state index contributed by atoms with van der Waals surface area (Å²) in [7, 11) is 0. The monoisotopic (exact) mass is 288 g/mol. The highest BCUT2D eigenvalue weighted by Crippen LogP contribution is 2.23. The molecule has 0 N–H and O–H groups in total. The summed E-state index contributed by atoms with van der Waals surface area (Å²) in [4.78, 5) is 10.3. The number of non-ortho nitro benzene ring substituents is 1. The van der Waals surface area contributed by atoms with Gasteiger partial charge in [-0.25, -0.2) is 8.78 Å². The third-order valence-electron chi connectivity index (χ3n) is 3.24. The lowest BCUT2D eigenvalue weighted by Gasteiger charge is -2.06. The Hall–Kier alpha value is -2.76. The molecule has 0 saturated heterocycles. The zero-order valence-corrected chi connectivity index (χ0v) is 10.8. The zero-order valence-electron chi connectivity index (χ0n) is 10.8. The lowest BCUT2D eigenvalue weighted by atomic mass is 10.2. The van der Waals surface area contributed by atoms with Gasteiger partial charge in [-0.15, -0.1) is 0 Å². The van der Waals surface area contributed by atoms with E-state index in [1.54, 1.807) is 22.9 Å². The van der Waals surface area contributed by atoms with E-state index in [0.29, 0.717) is 10.9 Å². The lowest BCUT2D eigenvalue weighted by Crippen LogP contribution is -1.99. The molecule has 0 aliphatic rings. The summed E-state index contributed by atoms with van der Waals surface area (Å²) in [5.41, 5.74) is 1.27. The van der Waals surface area contributed by atoms with Gasteiger partial charge in [-0.2, -0.15) is 0 Å². The van der Waals surface area contributed by atoms with Crippen LogP contribution in [-0.4, -0.2) is 9.49 Å². The first kappa shape index (κ1) is 13.2. The van der Waals surface area contributed by atoms with Gasteiger partial charge in [0.1, 0.15) is 11.6 Å². The molecule has 21 heavy (non-hydrogen) atoms. The van der Waals surface area contributed by atoms with E-state index in [0.717, 1.165) is 11.6 Å². The Morgan fingerprint density at radius 2 is 1.76 bits per heavy atom. The van der Waals surface area contributed by atoms with Gasteiger partial charge in [-0.1, -0.05) is 0 Å². The van der Waals surface area contributed by atoms with E-state index in [2.05, 4.69) is 0 Å². The fraction of sp³-hybridized carbons (Fsp3) is 0.0667. The van der Waals surface area contributed by atoms with Crippen molar-refractivity contribution in [2.45, 2.75) is 6.54 Å². The molecule has 106 valence electrons. The van der Waals surface area contributed by atoms with Crippen LogP contribution in [-0.2, 0) is 6.54 Å². The van der Waals surface area contributed by atoms with E-state index in [9.17, 15) is 18.9 Å². The van der Waals surface area contributed by atoms with E-state index in [-0.39, 0.29) is 12.2 Å². The van der Waals surface area contributed by atoms with Gasteiger partial charge >= 0.3 is 0 Å². The fourth-order valence-corrected chi connectivity index (χ4v) is 2.34. The van der Waals surface area contributed by atoms with E-state index in [4.69, 9.17) is 0 Å². The van der Waals surface area contributed by atoms with Crippen molar-refractivity contribution in [3.05, 3.63) is 76.0 Å². The lowest BCUT2D eigenvalue weighted by molar-refractivity contribution is -0.384. The molecule has 4 nitrogen and oxygen atoms in total. The summed E-state index contributed by atoms with van der Waals surface area (Å²) in [5, 5.41) is 11.4. The van der Waals surface area contributed by atoms with Gasteiger partial charge in [-0.05, 0) is 29.8 Å². The molecule has 6 heteroatoms. The molecule has 0 fully saturated rings. The second kappa shape index (κ2) is 4.97. The van der Waals surface area contributed by atoms with Gasteiger partial charge in [0.15, 0.2) is 0 Å². The summed E-state index contributed by atoms with van der Waals surface area (Å²) < 4.78 is 28.2. The van der Waals surface area contributed by atoms with E-state index >= 15 is 0 Å². The molecule has 3 rings (SSSR count). The smallest absolute Gasteiger partial charge is 0.270 e. The maximum Gasteiger partial charge on any atom is 0.270 e. The summed E-state index contributed by atoms with van der Waals surface area (Å²) >= 11 is 0. The van der Waals surface area contributed by atoms with Crippen LogP contribution in [0.2, 0.25) is 0 Å². The number of nitro benzene ring substituents is 1. The Morgan fingerprint density at radius 1 is 1.05 bits per heavy atom. The van der Waals surface area contributed by atoms with Crippen molar-refractivity contribution in [3.63, 3.8) is 0 Å². The molecule has 1 aromatic heterocycles. The number of halogens is 2. The van der Waals surface area contributed by atoms with Crippen LogP contribution in [0.4, 0.5) is 14.5 Å². The number of aromatic nitrogens is 1. The van der Waals surface area contributed by atoms with Gasteiger partial charge in [0.05, 0.1) is 4.92 Å². The number of hydrogen-bond acceptors (Lipinski definition) is 2. The zero-order chi connectivity index (χ0) is 15.0. The van der Waals surface area contributed by atoms with Crippen molar-refractivity contribution in [3.8, 4) is 0 Å². The Morgan fingerprint density at radius 3 is 2.43 bits per heavy atom. The molecule has 2 aromatic carbocycles. The van der Waals surface area contributed by atoms with Crippen molar-refractivity contribution in [1.29, 1.82) is 0 Å². The highest BCUT2D eigenvalue weighted by Gasteiger charge is 2.09. The van der Waals surface area contributed by atoms with Gasteiger partial charge < -0.3 is 4.57 Å². The number of hydrogen-bond donors (Lipinski definition) is 0. The maximum atomic E-state index is 13.2. The minimum Gasteiger partial charge on any atom is -0.343 e. The third kappa shape index (κ3) is 2.60. The summed E-state index contributed by atoms with van der Waals surface area (Å²) in [6.07, 6.45) is 1.73. The standard InChI is InChI=1S/C15H10F2N2O2/c16-12-5-10(6-13(17)8-12)9-18-4-3-11-7-14(19(20)21)1-2-15(11)18/h1-8H,9H2. The van der Waals surface area contributed by atoms with Crippen LogP contribution in [0.3, 0.4) is 0 Å². The number of nitro groups is 1. The summed E-state index contributed by atoms with van der Waals surface area (Å²) in [6, 6.07) is 9.59. The number of nitrogens with zero attached hydrogens (tertiary/aromatic N) is 2. The van der Waals surface area contributed by atoms with Crippen molar-refractivity contribution >= 4 is 16.6 Å². The van der Waals surface area contributed by atoms with Crippen LogP contribution in [0.5, 0.6) is 0 Å². The average Bonchev–Trinajstić information content (AvgIpc) is 2.80. The molecule has 3 aromatic rings. The molecule has 0 amide bonds. The highest BCUT2D eigenvalue weighted by molar-refractivity contribution is 5.82. The van der Waals surface area contributed by atoms with Crippen LogP contribution >= 0.6 is 0 Å². The van der Waals surface area contributed by atoms with Gasteiger partial charge in [-0.3, -0.25) is 10.1 Å². The molecule has 0 aliphatic heterocycles. The van der Waals surface area contributed by atoms with Crippen molar-refractivity contribution in [2.24, 2.45) is 0 Å². The van der Waals surface area contributed by atoms with Gasteiger partial charge in [0.25, 0.3) is 5.69 Å². The van der Waals surface area contributed by atoms with E-state index in [1.807, 2.05) is 0 Å². The van der Waals surface area contributed by atoms with Crippen molar-refractivity contribution < 1.29 is 13.7 Å². The minimum atomic E-state index is -0.628. The maximum absolute atomic E-state index is 13.2. The first-order valence-electron chi connectivity index (χ1n) is 6.21. The first-order chi connectivity index (χ1) is 10.0. The Kier molecular flexibility index (Phi) is 3.13. The van der Waals surface area contributed by atoms with Crippen molar-refractivity contribution in [2.75, 3.05) is 0 Å². The second-order valence-corrected chi connectivity index (χ2v) is 4.72. The second-order valence-electron chi connectivity index (χ2n) is 4.72. The Bertz CT molecular complexity index is 823. The molecular weight excluding hydrogens is 278 g/mol. The molecule has 1 heterocycles. The highest BCUT2D eigenvalue weighted by atomic mass is 19.1. The van der Waals surface area contributed by atoms with Crippen LogP contribution in [0.15, 0.2) is 48.7 Å². The molecule has 0 bridgehead atoms. The summed E-state index contributed by atoms with van der Waals surface area (Å²) in [6.45, 7) is 0.288. The van der Waals surface area contributed by atoms with Crippen LogP contribution in [0.25, 0.3) is 10.9 Å². The van der Waals surface area contributed by atoms with Crippen LogP contribution < -0.4 is 0 Å². The van der Waals surface area contributed by atoms with Gasteiger partial charge in [0, 0.05) is 41.8 Å². The normalized spacial score (nSPS) is 11.0. The predicted molar refractivity (Wildman–Crippen MR) is 74.1 cm³/mol. The largest absolute Gasteiger partial charge is 0.343 e. The SMILES string of the molecule is O=[N+]([O-])c1ccc2c(ccn2Cc2cc(F)cc(F)c2)c1. The molecule has 0 aliphatic carbocycles.